The number of anilines is 2. The molecule has 0 radical (unpaired) electrons. The van der Waals surface area contributed by atoms with Crippen LogP contribution in [0.15, 0.2) is 28.6 Å². The van der Waals surface area contributed by atoms with Crippen molar-refractivity contribution in [3.8, 4) is 0 Å². The number of ether oxygens (including phenoxy) is 1. The minimum Gasteiger partial charge on any atom is -0.378 e. The standard InChI is InChI=1S/C16H20N4O2S2/c1-12-18-19-16(24-12)23-11-6-15(21)17-13-2-4-14(5-3-13)20-7-9-22-10-8-20/h2-5H,6-11H2,1H3,(H,17,21). The first-order chi connectivity index (χ1) is 11.7. The van der Waals surface area contributed by atoms with Gasteiger partial charge in [0.05, 0.1) is 13.2 Å². The van der Waals surface area contributed by atoms with Gasteiger partial charge in [0.15, 0.2) is 4.34 Å². The molecule has 1 N–H and O–H groups in total. The Bertz CT molecular complexity index is 669. The monoisotopic (exact) mass is 364 g/mol. The molecule has 0 aliphatic carbocycles. The minimum atomic E-state index is 0.0165. The molecular formula is C16H20N4O2S2. The first-order valence-corrected chi connectivity index (χ1v) is 9.66. The van der Waals surface area contributed by atoms with Crippen molar-refractivity contribution in [2.45, 2.75) is 17.7 Å². The number of aryl methyl sites for hydroxylation is 1. The molecule has 1 aliphatic rings. The van der Waals surface area contributed by atoms with Crippen LogP contribution in [0.1, 0.15) is 11.4 Å². The number of nitrogens with zero attached hydrogens (tertiary/aromatic N) is 3. The van der Waals surface area contributed by atoms with E-state index in [9.17, 15) is 4.79 Å². The van der Waals surface area contributed by atoms with Gasteiger partial charge in [-0.2, -0.15) is 0 Å². The molecule has 0 atom stereocenters. The molecule has 1 fully saturated rings. The zero-order chi connectivity index (χ0) is 16.8. The molecular weight excluding hydrogens is 344 g/mol. The Hall–Kier alpha value is -1.64. The SMILES string of the molecule is Cc1nnc(SCCC(=O)Nc2ccc(N3CCOCC3)cc2)s1. The first kappa shape index (κ1) is 17.2. The van der Waals surface area contributed by atoms with Crippen molar-refractivity contribution in [1.82, 2.24) is 10.2 Å². The lowest BCUT2D eigenvalue weighted by Gasteiger charge is -2.28. The number of amides is 1. The number of aromatic nitrogens is 2. The van der Waals surface area contributed by atoms with Crippen molar-refractivity contribution < 1.29 is 9.53 Å². The minimum absolute atomic E-state index is 0.0165. The van der Waals surface area contributed by atoms with E-state index in [-0.39, 0.29) is 5.91 Å². The van der Waals surface area contributed by atoms with Gasteiger partial charge >= 0.3 is 0 Å². The Balaban J connectivity index is 1.44. The van der Waals surface area contributed by atoms with Crippen LogP contribution < -0.4 is 10.2 Å². The van der Waals surface area contributed by atoms with E-state index in [1.807, 2.05) is 31.2 Å². The van der Waals surface area contributed by atoms with Gasteiger partial charge in [-0.15, -0.1) is 10.2 Å². The number of hydrogen-bond donors (Lipinski definition) is 1. The predicted molar refractivity (Wildman–Crippen MR) is 98.1 cm³/mol. The van der Waals surface area contributed by atoms with Crippen LogP contribution in [0.4, 0.5) is 11.4 Å². The van der Waals surface area contributed by atoms with Crippen LogP contribution in [-0.4, -0.2) is 48.2 Å². The summed E-state index contributed by atoms with van der Waals surface area (Å²) in [6.45, 7) is 5.28. The molecule has 1 saturated heterocycles. The van der Waals surface area contributed by atoms with E-state index in [1.54, 1.807) is 23.1 Å². The first-order valence-electron chi connectivity index (χ1n) is 7.86. The zero-order valence-corrected chi connectivity index (χ0v) is 15.2. The highest BCUT2D eigenvalue weighted by atomic mass is 32.2. The fourth-order valence-electron chi connectivity index (χ4n) is 2.37. The van der Waals surface area contributed by atoms with Gasteiger partial charge in [0.1, 0.15) is 5.01 Å². The second-order valence-corrected chi connectivity index (χ2v) is 7.90. The summed E-state index contributed by atoms with van der Waals surface area (Å²) in [6.07, 6.45) is 0.453. The molecule has 3 rings (SSSR count). The maximum absolute atomic E-state index is 12.0. The van der Waals surface area contributed by atoms with Crippen LogP contribution in [-0.2, 0) is 9.53 Å². The highest BCUT2D eigenvalue weighted by molar-refractivity contribution is 8.01. The van der Waals surface area contributed by atoms with Crippen LogP contribution in [0.2, 0.25) is 0 Å². The fourth-order valence-corrected chi connectivity index (χ4v) is 4.19. The number of rotatable bonds is 6. The summed E-state index contributed by atoms with van der Waals surface area (Å²) in [5, 5.41) is 11.9. The fraction of sp³-hybridized carbons (Fsp3) is 0.438. The van der Waals surface area contributed by atoms with E-state index in [1.165, 1.54) is 5.69 Å². The van der Waals surface area contributed by atoms with Crippen molar-refractivity contribution in [3.05, 3.63) is 29.3 Å². The molecule has 1 aromatic heterocycles. The summed E-state index contributed by atoms with van der Waals surface area (Å²) in [5.41, 5.74) is 1.99. The van der Waals surface area contributed by atoms with E-state index in [4.69, 9.17) is 4.74 Å². The van der Waals surface area contributed by atoms with Crippen LogP contribution in [0, 0.1) is 6.92 Å². The Morgan fingerprint density at radius 1 is 1.29 bits per heavy atom. The molecule has 6 nitrogen and oxygen atoms in total. The summed E-state index contributed by atoms with van der Waals surface area (Å²) in [5.74, 6) is 0.717. The van der Waals surface area contributed by atoms with Crippen molar-refractivity contribution in [2.24, 2.45) is 0 Å². The highest BCUT2D eigenvalue weighted by Crippen LogP contribution is 2.23. The van der Waals surface area contributed by atoms with Crippen molar-refractivity contribution in [1.29, 1.82) is 0 Å². The average molecular weight is 364 g/mol. The number of carbonyl (C=O) groups is 1. The number of nitrogens with one attached hydrogen (secondary N) is 1. The third kappa shape index (κ3) is 4.93. The van der Waals surface area contributed by atoms with Crippen LogP contribution in [0.3, 0.4) is 0 Å². The Kier molecular flexibility index (Phi) is 6.06. The maximum Gasteiger partial charge on any atom is 0.225 e. The lowest BCUT2D eigenvalue weighted by molar-refractivity contribution is -0.115. The molecule has 0 spiro atoms. The van der Waals surface area contributed by atoms with Gasteiger partial charge in [0.25, 0.3) is 0 Å². The Morgan fingerprint density at radius 2 is 2.04 bits per heavy atom. The summed E-state index contributed by atoms with van der Waals surface area (Å²) in [6, 6.07) is 7.98. The summed E-state index contributed by atoms with van der Waals surface area (Å²) in [7, 11) is 0. The van der Waals surface area contributed by atoms with Crippen LogP contribution >= 0.6 is 23.1 Å². The molecule has 24 heavy (non-hydrogen) atoms. The average Bonchev–Trinajstić information content (AvgIpc) is 3.02. The number of morpholine rings is 1. The molecule has 2 heterocycles. The second kappa shape index (κ2) is 8.46. The second-order valence-electron chi connectivity index (χ2n) is 5.38. The van der Waals surface area contributed by atoms with E-state index < -0.39 is 0 Å². The summed E-state index contributed by atoms with van der Waals surface area (Å²) < 4.78 is 6.27. The van der Waals surface area contributed by atoms with Gasteiger partial charge in [-0.1, -0.05) is 23.1 Å². The molecule has 0 saturated carbocycles. The number of thioether (sulfide) groups is 1. The lowest BCUT2D eigenvalue weighted by atomic mass is 10.2. The molecule has 1 amide bonds. The van der Waals surface area contributed by atoms with E-state index in [0.29, 0.717) is 12.2 Å². The molecule has 1 aromatic carbocycles. The maximum atomic E-state index is 12.0. The quantitative estimate of drug-likeness (QED) is 0.795. The Morgan fingerprint density at radius 3 is 2.71 bits per heavy atom. The largest absolute Gasteiger partial charge is 0.378 e. The molecule has 8 heteroatoms. The zero-order valence-electron chi connectivity index (χ0n) is 13.5. The Labute approximate surface area is 149 Å². The van der Waals surface area contributed by atoms with Gasteiger partial charge < -0.3 is 15.0 Å². The summed E-state index contributed by atoms with van der Waals surface area (Å²) in [4.78, 5) is 14.3. The number of carbonyl (C=O) groups excluding carboxylic acids is 1. The molecule has 0 unspecified atom stereocenters. The summed E-state index contributed by atoms with van der Waals surface area (Å²) >= 11 is 3.12. The van der Waals surface area contributed by atoms with Gasteiger partial charge in [-0.25, -0.2) is 0 Å². The molecule has 2 aromatic rings. The van der Waals surface area contributed by atoms with E-state index in [0.717, 1.165) is 41.3 Å². The van der Waals surface area contributed by atoms with Crippen molar-refractivity contribution in [3.63, 3.8) is 0 Å². The lowest BCUT2D eigenvalue weighted by Crippen LogP contribution is -2.36. The predicted octanol–water partition coefficient (Wildman–Crippen LogP) is 2.80. The van der Waals surface area contributed by atoms with Crippen molar-refractivity contribution in [2.75, 3.05) is 42.3 Å². The number of hydrogen-bond acceptors (Lipinski definition) is 7. The normalized spacial score (nSPS) is 14.6. The highest BCUT2D eigenvalue weighted by Gasteiger charge is 2.11. The third-order valence-electron chi connectivity index (χ3n) is 3.59. The topological polar surface area (TPSA) is 67.4 Å². The third-order valence-corrected chi connectivity index (χ3v) is 5.56. The van der Waals surface area contributed by atoms with Gasteiger partial charge in [-0.3, -0.25) is 4.79 Å². The molecule has 1 aliphatic heterocycles. The number of benzene rings is 1. The van der Waals surface area contributed by atoms with Gasteiger partial charge in [0.2, 0.25) is 5.91 Å². The van der Waals surface area contributed by atoms with E-state index in [2.05, 4.69) is 20.4 Å². The molecule has 128 valence electrons. The van der Waals surface area contributed by atoms with Gasteiger partial charge in [0, 0.05) is 36.6 Å². The van der Waals surface area contributed by atoms with Crippen LogP contribution in [0.25, 0.3) is 0 Å². The van der Waals surface area contributed by atoms with Gasteiger partial charge in [-0.05, 0) is 31.2 Å². The van der Waals surface area contributed by atoms with E-state index >= 15 is 0 Å². The molecule has 0 bridgehead atoms. The van der Waals surface area contributed by atoms with Crippen LogP contribution in [0.5, 0.6) is 0 Å². The van der Waals surface area contributed by atoms with Crippen molar-refractivity contribution >= 4 is 40.4 Å². The smallest absolute Gasteiger partial charge is 0.225 e.